The Hall–Kier alpha value is -3.40. The minimum atomic E-state index is -4.64. The molecule has 5 rings (SSSR count). The van der Waals surface area contributed by atoms with E-state index in [-0.39, 0.29) is 34.2 Å². The third kappa shape index (κ3) is 3.84. The Morgan fingerprint density at radius 2 is 2.06 bits per heavy atom. The van der Waals surface area contributed by atoms with E-state index in [1.54, 1.807) is 6.07 Å². The molecule has 6 nitrogen and oxygen atoms in total. The summed E-state index contributed by atoms with van der Waals surface area (Å²) in [7, 11) is 0. The van der Waals surface area contributed by atoms with Crippen molar-refractivity contribution in [3.63, 3.8) is 0 Å². The Labute approximate surface area is 190 Å². The lowest BCUT2D eigenvalue weighted by Crippen LogP contribution is -2.40. The molecule has 1 N–H and O–H groups in total. The number of ether oxygens (including phenoxy) is 1. The first-order chi connectivity index (χ1) is 15.7. The fourth-order valence-electron chi connectivity index (χ4n) is 4.04. The van der Waals surface area contributed by atoms with Crippen LogP contribution in [0.5, 0.6) is 5.75 Å². The number of benzene rings is 1. The minimum absolute atomic E-state index is 0.0119. The number of nitrogens with zero attached hydrogens (tertiary/aromatic N) is 3. The van der Waals surface area contributed by atoms with Gasteiger partial charge in [0.2, 0.25) is 0 Å². The molecular weight excluding hydrogens is 464 g/mol. The fraction of sp³-hybridized carbons (Fsp3) is 0.227. The summed E-state index contributed by atoms with van der Waals surface area (Å²) in [6, 6.07) is 5.21. The average molecular weight is 479 g/mol. The molecule has 2 aromatic heterocycles. The highest BCUT2D eigenvalue weighted by Crippen LogP contribution is 2.43. The summed E-state index contributed by atoms with van der Waals surface area (Å²) in [6.07, 6.45) is -0.944. The first kappa shape index (κ1) is 21.4. The summed E-state index contributed by atoms with van der Waals surface area (Å²) in [5.41, 5.74) is -0.00467. The zero-order valence-electron chi connectivity index (χ0n) is 16.8. The van der Waals surface area contributed by atoms with Crippen LogP contribution < -0.4 is 15.0 Å². The molecule has 0 fully saturated rings. The summed E-state index contributed by atoms with van der Waals surface area (Å²) in [6.45, 7) is -0.366. The minimum Gasteiger partial charge on any atom is -0.484 e. The second-order valence-electron chi connectivity index (χ2n) is 7.65. The van der Waals surface area contributed by atoms with E-state index in [2.05, 4.69) is 15.3 Å². The second-order valence-corrected chi connectivity index (χ2v) is 8.06. The van der Waals surface area contributed by atoms with Gasteiger partial charge in [-0.1, -0.05) is 11.6 Å². The second kappa shape index (κ2) is 7.87. The van der Waals surface area contributed by atoms with Crippen LogP contribution in [0.4, 0.5) is 33.7 Å². The van der Waals surface area contributed by atoms with Gasteiger partial charge in [-0.05, 0) is 36.6 Å². The van der Waals surface area contributed by atoms with Crippen LogP contribution in [0, 0.1) is 5.82 Å². The first-order valence-electron chi connectivity index (χ1n) is 9.94. The molecule has 0 spiro atoms. The third-order valence-electron chi connectivity index (χ3n) is 5.62. The molecule has 33 heavy (non-hydrogen) atoms. The molecule has 0 saturated carbocycles. The highest BCUT2D eigenvalue weighted by molar-refractivity contribution is 6.34. The molecule has 0 aliphatic carbocycles. The number of hydrogen-bond acceptors (Lipinski definition) is 4. The first-order valence-corrected chi connectivity index (χ1v) is 10.3. The third-order valence-corrected chi connectivity index (χ3v) is 5.93. The molecule has 2 aliphatic rings. The van der Waals surface area contributed by atoms with Crippen LogP contribution in [0.1, 0.15) is 34.9 Å². The van der Waals surface area contributed by atoms with Gasteiger partial charge < -0.3 is 10.1 Å². The normalized spacial score (nSPS) is 17.7. The molecule has 11 heteroatoms. The van der Waals surface area contributed by atoms with E-state index in [0.29, 0.717) is 18.6 Å². The number of rotatable bonds is 2. The molecule has 4 heterocycles. The number of fused-ring (bicyclic) bond motifs is 2. The Morgan fingerprint density at radius 1 is 1.24 bits per heavy atom. The van der Waals surface area contributed by atoms with Gasteiger partial charge in [-0.3, -0.25) is 14.9 Å². The molecule has 0 radical (unpaired) electrons. The van der Waals surface area contributed by atoms with Gasteiger partial charge in [-0.25, -0.2) is 9.18 Å². The number of pyridine rings is 2. The van der Waals surface area contributed by atoms with E-state index in [9.17, 15) is 22.4 Å². The zero-order valence-corrected chi connectivity index (χ0v) is 17.5. The van der Waals surface area contributed by atoms with Gasteiger partial charge in [0.05, 0.1) is 34.7 Å². The molecule has 1 aromatic carbocycles. The van der Waals surface area contributed by atoms with Gasteiger partial charge in [0.15, 0.2) is 0 Å². The number of aromatic nitrogens is 2. The topological polar surface area (TPSA) is 67.4 Å². The van der Waals surface area contributed by atoms with E-state index in [0.717, 1.165) is 16.7 Å². The van der Waals surface area contributed by atoms with Gasteiger partial charge in [-0.2, -0.15) is 13.2 Å². The van der Waals surface area contributed by atoms with Crippen LogP contribution in [0.2, 0.25) is 5.02 Å². The molecule has 3 aromatic rings. The molecule has 2 aliphatic heterocycles. The number of halogens is 5. The van der Waals surface area contributed by atoms with Crippen molar-refractivity contribution in [2.75, 3.05) is 10.2 Å². The predicted molar refractivity (Wildman–Crippen MR) is 112 cm³/mol. The lowest BCUT2D eigenvalue weighted by atomic mass is 9.99. The Morgan fingerprint density at radius 3 is 2.82 bits per heavy atom. The lowest BCUT2D eigenvalue weighted by Gasteiger charge is -2.33. The summed E-state index contributed by atoms with van der Waals surface area (Å²) < 4.78 is 60.6. The molecule has 2 amide bonds. The molecule has 0 saturated heterocycles. The van der Waals surface area contributed by atoms with E-state index in [1.807, 2.05) is 0 Å². The van der Waals surface area contributed by atoms with Crippen LogP contribution in [0.3, 0.4) is 0 Å². The van der Waals surface area contributed by atoms with Gasteiger partial charge in [0.25, 0.3) is 0 Å². The number of amides is 2. The van der Waals surface area contributed by atoms with Crippen LogP contribution in [-0.2, 0) is 19.1 Å². The number of anilines is 2. The van der Waals surface area contributed by atoms with Crippen molar-refractivity contribution in [1.29, 1.82) is 0 Å². The largest absolute Gasteiger partial charge is 0.484 e. The summed E-state index contributed by atoms with van der Waals surface area (Å²) in [5.74, 6) is -0.138. The standard InChI is InChI=1S/C22H15ClF4N4O2/c23-14-6-11-3-4-18(20-15(24)2-1-5-29-20)33-19(11)7-17(14)31-10-12-13(22(25,26)27)8-28-9-16(12)30-21(31)32/h1-2,5-9,18H,3-4,10H2,(H,30,32). The van der Waals surface area contributed by atoms with Crippen molar-refractivity contribution in [2.45, 2.75) is 31.7 Å². The van der Waals surface area contributed by atoms with Crippen molar-refractivity contribution in [3.05, 3.63) is 76.1 Å². The van der Waals surface area contributed by atoms with Crippen LogP contribution in [0.25, 0.3) is 0 Å². The maximum Gasteiger partial charge on any atom is 0.418 e. The summed E-state index contributed by atoms with van der Waals surface area (Å²) in [4.78, 5) is 21.5. The smallest absolute Gasteiger partial charge is 0.418 e. The molecule has 0 bridgehead atoms. The number of alkyl halides is 3. The van der Waals surface area contributed by atoms with Gasteiger partial charge in [-0.15, -0.1) is 0 Å². The SMILES string of the molecule is O=C1Nc2cncc(C(F)(F)F)c2CN1c1cc2c(cc1Cl)CCC(c1ncccc1F)O2. The Kier molecular flexibility index (Phi) is 5.12. The molecule has 1 unspecified atom stereocenters. The Balaban J connectivity index is 1.51. The van der Waals surface area contributed by atoms with Crippen LogP contribution in [0.15, 0.2) is 42.9 Å². The van der Waals surface area contributed by atoms with Crippen molar-refractivity contribution in [1.82, 2.24) is 9.97 Å². The lowest BCUT2D eigenvalue weighted by molar-refractivity contribution is -0.138. The maximum absolute atomic E-state index is 14.2. The van der Waals surface area contributed by atoms with E-state index in [1.165, 1.54) is 30.6 Å². The van der Waals surface area contributed by atoms with Crippen molar-refractivity contribution in [3.8, 4) is 5.75 Å². The maximum atomic E-state index is 14.2. The highest BCUT2D eigenvalue weighted by atomic mass is 35.5. The average Bonchev–Trinajstić information content (AvgIpc) is 2.77. The zero-order chi connectivity index (χ0) is 23.3. The molecule has 170 valence electrons. The molecule has 1 atom stereocenters. The summed E-state index contributed by atoms with van der Waals surface area (Å²) >= 11 is 6.41. The number of hydrogen-bond donors (Lipinski definition) is 1. The molecular formula is C22H15ClF4N4O2. The van der Waals surface area contributed by atoms with Crippen LogP contribution in [-0.4, -0.2) is 16.0 Å². The highest BCUT2D eigenvalue weighted by Gasteiger charge is 2.38. The van der Waals surface area contributed by atoms with Gasteiger partial charge in [0.1, 0.15) is 23.4 Å². The number of nitrogens with one attached hydrogen (secondary N) is 1. The number of carbonyl (C=O) groups is 1. The quantitative estimate of drug-likeness (QED) is 0.465. The fourth-order valence-corrected chi connectivity index (χ4v) is 4.33. The van der Waals surface area contributed by atoms with Gasteiger partial charge in [0, 0.05) is 24.0 Å². The predicted octanol–water partition coefficient (Wildman–Crippen LogP) is 5.91. The van der Waals surface area contributed by atoms with Crippen molar-refractivity contribution in [2.24, 2.45) is 0 Å². The van der Waals surface area contributed by atoms with E-state index in [4.69, 9.17) is 16.3 Å². The number of aryl methyl sites for hydroxylation is 1. The van der Waals surface area contributed by atoms with E-state index < -0.39 is 29.7 Å². The monoisotopic (exact) mass is 478 g/mol. The van der Waals surface area contributed by atoms with Crippen LogP contribution >= 0.6 is 11.6 Å². The van der Waals surface area contributed by atoms with Gasteiger partial charge >= 0.3 is 12.2 Å². The number of carbonyl (C=O) groups excluding carboxylic acids is 1. The van der Waals surface area contributed by atoms with E-state index >= 15 is 0 Å². The van der Waals surface area contributed by atoms with Crippen molar-refractivity contribution >= 4 is 29.0 Å². The number of urea groups is 1. The van der Waals surface area contributed by atoms with Crippen molar-refractivity contribution < 1.29 is 27.1 Å². The Bertz CT molecular complexity index is 1270. The summed E-state index contributed by atoms with van der Waals surface area (Å²) in [5, 5.41) is 2.62.